The summed E-state index contributed by atoms with van der Waals surface area (Å²) in [5.74, 6) is -0.300. The molecule has 0 bridgehead atoms. The third kappa shape index (κ3) is 4.63. The molecule has 2 aliphatic heterocycles. The summed E-state index contributed by atoms with van der Waals surface area (Å²) in [6, 6.07) is 14.6. The van der Waals surface area contributed by atoms with Crippen LogP contribution in [-0.2, 0) is 21.4 Å². The standard InChI is InChI=1S/C22H26N4O4S/c1-2-31(29,30)25-13-11-24(12-14-25)15-17-7-9-18(10-8-17)22(28)26-16-21(27)23-19-5-3-4-6-20(19)26/h3-10H,2,11-16H2,1H3,(H,23,27). The van der Waals surface area contributed by atoms with Crippen LogP contribution in [0.4, 0.5) is 11.4 Å². The Labute approximate surface area is 182 Å². The van der Waals surface area contributed by atoms with Crippen molar-refractivity contribution in [1.29, 1.82) is 0 Å². The molecular formula is C22H26N4O4S. The summed E-state index contributed by atoms with van der Waals surface area (Å²) >= 11 is 0. The molecule has 164 valence electrons. The molecule has 0 aromatic heterocycles. The van der Waals surface area contributed by atoms with Gasteiger partial charge in [-0.1, -0.05) is 24.3 Å². The van der Waals surface area contributed by atoms with Crippen molar-refractivity contribution in [2.75, 3.05) is 48.7 Å². The lowest BCUT2D eigenvalue weighted by Gasteiger charge is -2.33. The van der Waals surface area contributed by atoms with E-state index in [2.05, 4.69) is 10.2 Å². The van der Waals surface area contributed by atoms with Crippen molar-refractivity contribution < 1.29 is 18.0 Å². The Morgan fingerprint density at radius 2 is 1.68 bits per heavy atom. The van der Waals surface area contributed by atoms with Crippen molar-refractivity contribution in [3.63, 3.8) is 0 Å². The fourth-order valence-electron chi connectivity index (χ4n) is 3.93. The topological polar surface area (TPSA) is 90.0 Å². The number of hydrogen-bond acceptors (Lipinski definition) is 5. The summed E-state index contributed by atoms with van der Waals surface area (Å²) < 4.78 is 25.5. The van der Waals surface area contributed by atoms with Crippen molar-refractivity contribution in [3.8, 4) is 0 Å². The van der Waals surface area contributed by atoms with E-state index in [1.54, 1.807) is 29.4 Å². The number of nitrogens with zero attached hydrogens (tertiary/aromatic N) is 3. The molecule has 8 nitrogen and oxygen atoms in total. The van der Waals surface area contributed by atoms with Gasteiger partial charge in [-0.2, -0.15) is 4.31 Å². The maximum atomic E-state index is 13.0. The first-order valence-corrected chi connectivity index (χ1v) is 12.0. The van der Waals surface area contributed by atoms with Crippen LogP contribution < -0.4 is 10.2 Å². The fraction of sp³-hybridized carbons (Fsp3) is 0.364. The van der Waals surface area contributed by atoms with Crippen molar-refractivity contribution in [2.45, 2.75) is 13.5 Å². The van der Waals surface area contributed by atoms with Crippen LogP contribution in [0, 0.1) is 0 Å². The Balaban J connectivity index is 1.40. The van der Waals surface area contributed by atoms with Gasteiger partial charge in [0.15, 0.2) is 0 Å². The number of hydrogen-bond donors (Lipinski definition) is 1. The summed E-state index contributed by atoms with van der Waals surface area (Å²) in [5.41, 5.74) is 2.90. The fourth-order valence-corrected chi connectivity index (χ4v) is 5.01. The van der Waals surface area contributed by atoms with E-state index in [0.29, 0.717) is 49.7 Å². The quantitative estimate of drug-likeness (QED) is 0.762. The van der Waals surface area contributed by atoms with Gasteiger partial charge in [0.1, 0.15) is 6.54 Å². The number of carbonyl (C=O) groups excluding carboxylic acids is 2. The summed E-state index contributed by atoms with van der Waals surface area (Å²) in [5, 5.41) is 2.79. The van der Waals surface area contributed by atoms with E-state index in [-0.39, 0.29) is 24.1 Å². The minimum atomic E-state index is -3.13. The van der Waals surface area contributed by atoms with Crippen LogP contribution in [0.1, 0.15) is 22.8 Å². The van der Waals surface area contributed by atoms with Crippen LogP contribution in [0.15, 0.2) is 48.5 Å². The van der Waals surface area contributed by atoms with Gasteiger partial charge in [0.25, 0.3) is 5.91 Å². The van der Waals surface area contributed by atoms with Gasteiger partial charge in [0, 0.05) is 38.3 Å². The molecule has 1 N–H and O–H groups in total. The van der Waals surface area contributed by atoms with E-state index >= 15 is 0 Å². The lowest BCUT2D eigenvalue weighted by atomic mass is 10.1. The Bertz CT molecular complexity index is 1080. The number of piperazine rings is 1. The van der Waals surface area contributed by atoms with E-state index in [4.69, 9.17) is 0 Å². The second kappa shape index (κ2) is 8.78. The maximum absolute atomic E-state index is 13.0. The van der Waals surface area contributed by atoms with Crippen molar-refractivity contribution in [3.05, 3.63) is 59.7 Å². The van der Waals surface area contributed by atoms with Crippen LogP contribution in [0.25, 0.3) is 0 Å². The van der Waals surface area contributed by atoms with E-state index in [9.17, 15) is 18.0 Å². The molecule has 0 saturated carbocycles. The molecule has 9 heteroatoms. The average Bonchev–Trinajstić information content (AvgIpc) is 2.79. The van der Waals surface area contributed by atoms with Crippen molar-refractivity contribution >= 4 is 33.2 Å². The van der Waals surface area contributed by atoms with Crippen LogP contribution in [0.2, 0.25) is 0 Å². The lowest BCUT2D eigenvalue weighted by molar-refractivity contribution is -0.115. The van der Waals surface area contributed by atoms with Crippen LogP contribution in [0.5, 0.6) is 0 Å². The minimum absolute atomic E-state index is 0.0114. The Morgan fingerprint density at radius 3 is 2.35 bits per heavy atom. The first-order valence-electron chi connectivity index (χ1n) is 10.4. The molecule has 2 heterocycles. The smallest absolute Gasteiger partial charge is 0.258 e. The largest absolute Gasteiger partial charge is 0.323 e. The molecule has 4 rings (SSSR count). The van der Waals surface area contributed by atoms with E-state index < -0.39 is 10.0 Å². The molecule has 2 amide bonds. The first kappa shape index (κ1) is 21.5. The van der Waals surface area contributed by atoms with Gasteiger partial charge >= 0.3 is 0 Å². The average molecular weight is 443 g/mol. The molecule has 2 aliphatic rings. The molecule has 1 fully saturated rings. The van der Waals surface area contributed by atoms with Crippen LogP contribution in [-0.4, -0.2) is 67.9 Å². The molecule has 0 aliphatic carbocycles. The van der Waals surface area contributed by atoms with Gasteiger partial charge in [0.2, 0.25) is 15.9 Å². The van der Waals surface area contributed by atoms with Gasteiger partial charge in [0.05, 0.1) is 17.1 Å². The number of nitrogens with one attached hydrogen (secondary N) is 1. The van der Waals surface area contributed by atoms with Gasteiger partial charge in [-0.25, -0.2) is 8.42 Å². The number of carbonyl (C=O) groups is 2. The monoisotopic (exact) mass is 442 g/mol. The number of anilines is 2. The zero-order valence-corrected chi connectivity index (χ0v) is 18.3. The summed E-state index contributed by atoms with van der Waals surface area (Å²) in [6.07, 6.45) is 0. The second-order valence-corrected chi connectivity index (χ2v) is 9.99. The second-order valence-electron chi connectivity index (χ2n) is 7.73. The Kier molecular flexibility index (Phi) is 6.08. The Hall–Kier alpha value is -2.75. The molecule has 2 aromatic carbocycles. The van der Waals surface area contributed by atoms with E-state index in [0.717, 1.165) is 5.56 Å². The third-order valence-corrected chi connectivity index (χ3v) is 7.59. The minimum Gasteiger partial charge on any atom is -0.323 e. The number of para-hydroxylation sites is 2. The predicted octanol–water partition coefficient (Wildman–Crippen LogP) is 1.75. The zero-order valence-electron chi connectivity index (χ0n) is 17.5. The molecule has 0 unspecified atom stereocenters. The van der Waals surface area contributed by atoms with Gasteiger partial charge < -0.3 is 5.32 Å². The number of fused-ring (bicyclic) bond motifs is 1. The predicted molar refractivity (Wildman–Crippen MR) is 120 cm³/mol. The van der Waals surface area contributed by atoms with Crippen molar-refractivity contribution in [1.82, 2.24) is 9.21 Å². The lowest BCUT2D eigenvalue weighted by Crippen LogP contribution is -2.48. The number of amides is 2. The third-order valence-electron chi connectivity index (χ3n) is 5.71. The van der Waals surface area contributed by atoms with E-state index in [1.807, 2.05) is 30.3 Å². The van der Waals surface area contributed by atoms with Gasteiger partial charge in [-0.05, 0) is 36.8 Å². The van der Waals surface area contributed by atoms with E-state index in [1.165, 1.54) is 4.90 Å². The molecular weight excluding hydrogens is 416 g/mol. The molecule has 0 spiro atoms. The molecule has 0 atom stereocenters. The highest BCUT2D eigenvalue weighted by molar-refractivity contribution is 7.89. The first-order chi connectivity index (χ1) is 14.9. The highest BCUT2D eigenvalue weighted by Gasteiger charge is 2.28. The molecule has 1 saturated heterocycles. The highest BCUT2D eigenvalue weighted by atomic mass is 32.2. The molecule has 2 aromatic rings. The summed E-state index contributed by atoms with van der Waals surface area (Å²) in [6.45, 7) is 4.72. The van der Waals surface area contributed by atoms with Gasteiger partial charge in [-0.3, -0.25) is 19.4 Å². The molecule has 0 radical (unpaired) electrons. The Morgan fingerprint density at radius 1 is 1.00 bits per heavy atom. The number of benzene rings is 2. The summed E-state index contributed by atoms with van der Waals surface area (Å²) in [7, 11) is -3.13. The van der Waals surface area contributed by atoms with Crippen molar-refractivity contribution in [2.24, 2.45) is 0 Å². The summed E-state index contributed by atoms with van der Waals surface area (Å²) in [4.78, 5) is 28.7. The highest BCUT2D eigenvalue weighted by Crippen LogP contribution is 2.30. The van der Waals surface area contributed by atoms with Crippen LogP contribution in [0.3, 0.4) is 0 Å². The van der Waals surface area contributed by atoms with Gasteiger partial charge in [-0.15, -0.1) is 0 Å². The van der Waals surface area contributed by atoms with Crippen LogP contribution >= 0.6 is 0 Å². The SMILES string of the molecule is CCS(=O)(=O)N1CCN(Cc2ccc(C(=O)N3CC(=O)Nc4ccccc43)cc2)CC1. The zero-order chi connectivity index (χ0) is 22.0. The maximum Gasteiger partial charge on any atom is 0.258 e. The number of sulfonamides is 1. The number of rotatable bonds is 5. The molecule has 31 heavy (non-hydrogen) atoms. The normalized spacial score (nSPS) is 17.8.